The van der Waals surface area contributed by atoms with Crippen molar-refractivity contribution in [2.24, 2.45) is 0 Å². The van der Waals surface area contributed by atoms with Gasteiger partial charge in [-0.2, -0.15) is 0 Å². The molecule has 138 valence electrons. The van der Waals surface area contributed by atoms with E-state index in [0.717, 1.165) is 35.7 Å². The zero-order chi connectivity index (χ0) is 18.4. The van der Waals surface area contributed by atoms with Gasteiger partial charge in [-0.15, -0.1) is 0 Å². The predicted molar refractivity (Wildman–Crippen MR) is 102 cm³/mol. The first kappa shape index (κ1) is 20.3. The molecular weight excluding hydrogens is 405 g/mol. The second-order valence-corrected chi connectivity index (χ2v) is 9.56. The number of hydrogen-bond donors (Lipinski definition) is 1. The fourth-order valence-corrected chi connectivity index (χ4v) is 4.75. The third-order valence-electron chi connectivity index (χ3n) is 4.34. The van der Waals surface area contributed by atoms with E-state index in [1.54, 1.807) is 13.8 Å². The van der Waals surface area contributed by atoms with Gasteiger partial charge in [0.25, 0.3) is 0 Å². The van der Waals surface area contributed by atoms with E-state index in [0.29, 0.717) is 10.3 Å². The molecule has 1 fully saturated rings. The Hall–Kier alpha value is -1.03. The fraction of sp³-hybridized carbons (Fsp3) is 0.579. The van der Waals surface area contributed by atoms with E-state index in [9.17, 15) is 9.59 Å². The van der Waals surface area contributed by atoms with Crippen LogP contribution in [0.4, 0.5) is 0 Å². The fourth-order valence-electron chi connectivity index (χ4n) is 2.88. The zero-order valence-corrected chi connectivity index (χ0v) is 17.5. The van der Waals surface area contributed by atoms with Gasteiger partial charge in [0.15, 0.2) is 0 Å². The van der Waals surface area contributed by atoms with Crippen LogP contribution >= 0.6 is 11.6 Å². The molecule has 1 aliphatic carbocycles. The number of rotatable bonds is 6. The van der Waals surface area contributed by atoms with Crippen molar-refractivity contribution in [2.45, 2.75) is 69.8 Å². The minimum absolute atomic E-state index is 0.0400. The number of carbonyl (C=O) groups excluding carboxylic acids is 2. The van der Waals surface area contributed by atoms with Gasteiger partial charge in [0.2, 0.25) is 0 Å². The normalized spacial score (nSPS) is 15.7. The van der Waals surface area contributed by atoms with Gasteiger partial charge in [-0.25, -0.2) is 0 Å². The summed E-state index contributed by atoms with van der Waals surface area (Å²) in [6, 6.07) is 5.89. The molecule has 0 spiro atoms. The second kappa shape index (κ2) is 9.07. The third kappa shape index (κ3) is 6.32. The maximum absolute atomic E-state index is 12.4. The summed E-state index contributed by atoms with van der Waals surface area (Å²) >= 11 is 5.91. The van der Waals surface area contributed by atoms with Gasteiger partial charge in [-0.1, -0.05) is 0 Å². The Labute approximate surface area is 161 Å². The summed E-state index contributed by atoms with van der Waals surface area (Å²) in [6.45, 7) is 5.29. The molecule has 4 nitrogen and oxygen atoms in total. The molecule has 1 aliphatic rings. The summed E-state index contributed by atoms with van der Waals surface area (Å²) in [5.41, 5.74) is -0.0609. The van der Waals surface area contributed by atoms with Gasteiger partial charge >= 0.3 is 161 Å². The Morgan fingerprint density at radius 2 is 1.96 bits per heavy atom. The molecule has 0 heterocycles. The van der Waals surface area contributed by atoms with Crippen LogP contribution in [0.1, 0.15) is 51.5 Å². The van der Waals surface area contributed by atoms with Crippen LogP contribution < -0.4 is 9.78 Å². The Balaban J connectivity index is 1.83. The van der Waals surface area contributed by atoms with Crippen LogP contribution in [-0.2, 0) is 14.3 Å². The number of carbonyl (C=O) groups is 2. The van der Waals surface area contributed by atoms with Crippen LogP contribution in [0.2, 0.25) is 10.3 Å². The van der Waals surface area contributed by atoms with Crippen molar-refractivity contribution in [3.63, 3.8) is 0 Å². The topological polar surface area (TPSA) is 55.4 Å². The molecule has 0 radical (unpaired) electrons. The van der Waals surface area contributed by atoms with E-state index >= 15 is 0 Å². The molecular formula is C19H26ClNO3Se. The first-order valence-corrected chi connectivity index (χ1v) is 11.1. The second-order valence-electron chi connectivity index (χ2n) is 6.99. The van der Waals surface area contributed by atoms with Crippen molar-refractivity contribution in [3.8, 4) is 0 Å². The van der Waals surface area contributed by atoms with Crippen molar-refractivity contribution < 1.29 is 14.3 Å². The van der Waals surface area contributed by atoms with Gasteiger partial charge in [0.05, 0.1) is 0 Å². The van der Waals surface area contributed by atoms with Gasteiger partial charge in [-0.3, -0.25) is 0 Å². The molecule has 0 atom stereocenters. The van der Waals surface area contributed by atoms with Gasteiger partial charge in [-0.05, 0) is 0 Å². The summed E-state index contributed by atoms with van der Waals surface area (Å²) in [6.07, 6.45) is 5.54. The van der Waals surface area contributed by atoms with Crippen LogP contribution in [0.15, 0.2) is 18.2 Å². The molecule has 0 aromatic heterocycles. The molecule has 0 aliphatic heterocycles. The molecule has 1 saturated carbocycles. The van der Waals surface area contributed by atoms with E-state index in [-0.39, 0.29) is 32.9 Å². The molecule has 0 unspecified atom stereocenters. The zero-order valence-electron chi connectivity index (χ0n) is 15.1. The quantitative estimate of drug-likeness (QED) is 0.557. The van der Waals surface area contributed by atoms with Crippen molar-refractivity contribution in [2.75, 3.05) is 0 Å². The summed E-state index contributed by atoms with van der Waals surface area (Å²) in [5, 5.41) is 4.02. The van der Waals surface area contributed by atoms with E-state index < -0.39 is 5.60 Å². The molecule has 25 heavy (non-hydrogen) atoms. The first-order chi connectivity index (χ1) is 11.8. The van der Waals surface area contributed by atoms with E-state index in [4.69, 9.17) is 16.3 Å². The van der Waals surface area contributed by atoms with Crippen molar-refractivity contribution >= 4 is 42.9 Å². The standard InChI is InChI=1S/C19H26ClNO3Se/c1-13-11-14(20)9-10-16(13)25-12-17(22)24-19(2,3)18(23)21-15-7-5-4-6-8-15/h9-11,15H,4-8,12H2,1-3H3,(H,21,23). The molecule has 1 amide bonds. The Morgan fingerprint density at radius 1 is 1.28 bits per heavy atom. The van der Waals surface area contributed by atoms with Crippen LogP contribution in [0.3, 0.4) is 0 Å². The summed E-state index contributed by atoms with van der Waals surface area (Å²) in [4.78, 5) is 24.6. The molecule has 0 saturated heterocycles. The molecule has 2 rings (SSSR count). The maximum atomic E-state index is 12.4. The monoisotopic (exact) mass is 431 g/mol. The van der Waals surface area contributed by atoms with E-state index in [2.05, 4.69) is 5.32 Å². The van der Waals surface area contributed by atoms with Crippen LogP contribution in [-0.4, -0.2) is 38.5 Å². The number of nitrogens with one attached hydrogen (secondary N) is 1. The molecule has 6 heteroatoms. The number of halogens is 1. The van der Waals surface area contributed by atoms with Crippen molar-refractivity contribution in [3.05, 3.63) is 28.8 Å². The Kier molecular flexibility index (Phi) is 7.36. The number of amides is 1. The SMILES string of the molecule is Cc1cc(Cl)ccc1[Se]CC(=O)OC(C)(C)C(=O)NC1CCCCC1. The third-order valence-corrected chi connectivity index (χ3v) is 6.98. The first-order valence-electron chi connectivity index (χ1n) is 8.70. The predicted octanol–water partition coefficient (Wildman–Crippen LogP) is 3.17. The Bertz CT molecular complexity index is 627. The van der Waals surface area contributed by atoms with Gasteiger partial charge in [0, 0.05) is 0 Å². The van der Waals surface area contributed by atoms with E-state index in [1.807, 2.05) is 25.1 Å². The molecule has 1 aromatic rings. The number of hydrogen-bond acceptors (Lipinski definition) is 3. The summed E-state index contributed by atoms with van der Waals surface area (Å²) in [5.74, 6) is -0.541. The number of esters is 1. The van der Waals surface area contributed by atoms with Gasteiger partial charge < -0.3 is 0 Å². The van der Waals surface area contributed by atoms with Crippen LogP contribution in [0.25, 0.3) is 0 Å². The molecule has 0 bridgehead atoms. The minimum atomic E-state index is -1.14. The molecule has 1 aromatic carbocycles. The molecule has 1 N–H and O–H groups in total. The summed E-state index contributed by atoms with van der Waals surface area (Å²) in [7, 11) is 0. The van der Waals surface area contributed by atoms with Crippen molar-refractivity contribution in [1.29, 1.82) is 0 Å². The number of aryl methyl sites for hydroxylation is 1. The van der Waals surface area contributed by atoms with Crippen LogP contribution in [0.5, 0.6) is 0 Å². The average Bonchev–Trinajstić information content (AvgIpc) is 2.54. The van der Waals surface area contributed by atoms with Crippen molar-refractivity contribution in [1.82, 2.24) is 5.32 Å². The van der Waals surface area contributed by atoms with Gasteiger partial charge in [0.1, 0.15) is 0 Å². The van der Waals surface area contributed by atoms with E-state index in [1.165, 1.54) is 6.42 Å². The van der Waals surface area contributed by atoms with Crippen LogP contribution in [0, 0.1) is 6.92 Å². The Morgan fingerprint density at radius 3 is 2.60 bits per heavy atom. The number of benzene rings is 1. The summed E-state index contributed by atoms with van der Waals surface area (Å²) < 4.78 is 6.59. The average molecular weight is 431 g/mol. The number of ether oxygens (including phenoxy) is 1.